The highest BCUT2D eigenvalue weighted by Gasteiger charge is 2.17. The number of rotatable bonds is 4. The lowest BCUT2D eigenvalue weighted by molar-refractivity contribution is 0.341. The molecule has 0 amide bonds. The third-order valence-corrected chi connectivity index (χ3v) is 3.62. The van der Waals surface area contributed by atoms with Crippen molar-refractivity contribution in [2.24, 2.45) is 0 Å². The van der Waals surface area contributed by atoms with Crippen molar-refractivity contribution in [3.05, 3.63) is 53.9 Å². The van der Waals surface area contributed by atoms with Gasteiger partial charge in [-0.25, -0.2) is 4.98 Å². The Kier molecular flexibility index (Phi) is 3.80. The second kappa shape index (κ2) is 5.90. The first-order chi connectivity index (χ1) is 10.8. The van der Waals surface area contributed by atoms with Crippen LogP contribution in [0.15, 0.2) is 42.5 Å². The van der Waals surface area contributed by atoms with E-state index in [9.17, 15) is 5.26 Å². The number of ether oxygens (including phenoxy) is 1. The van der Waals surface area contributed by atoms with Crippen molar-refractivity contribution in [3.8, 4) is 23.1 Å². The maximum absolute atomic E-state index is 9.21. The molecule has 0 bridgehead atoms. The van der Waals surface area contributed by atoms with Crippen LogP contribution in [0.2, 0.25) is 0 Å². The van der Waals surface area contributed by atoms with Crippen LogP contribution in [0.25, 0.3) is 16.9 Å². The predicted octanol–water partition coefficient (Wildman–Crippen LogP) is 3.77. The van der Waals surface area contributed by atoms with Crippen LogP contribution in [-0.4, -0.2) is 16.0 Å². The summed E-state index contributed by atoms with van der Waals surface area (Å²) in [6.07, 6.45) is 0.307. The molecule has 4 nitrogen and oxygen atoms in total. The van der Waals surface area contributed by atoms with Crippen molar-refractivity contribution in [1.29, 1.82) is 5.26 Å². The molecule has 0 aliphatic carbocycles. The average Bonchev–Trinajstić information content (AvgIpc) is 2.89. The van der Waals surface area contributed by atoms with E-state index in [1.165, 1.54) is 0 Å². The number of pyridine rings is 1. The first kappa shape index (κ1) is 14.2. The van der Waals surface area contributed by atoms with Crippen LogP contribution in [-0.2, 0) is 6.42 Å². The lowest BCUT2D eigenvalue weighted by Gasteiger charge is -2.09. The van der Waals surface area contributed by atoms with Crippen molar-refractivity contribution in [1.82, 2.24) is 9.38 Å². The zero-order chi connectivity index (χ0) is 15.5. The van der Waals surface area contributed by atoms with E-state index in [4.69, 9.17) is 9.72 Å². The Labute approximate surface area is 129 Å². The van der Waals surface area contributed by atoms with Gasteiger partial charge in [-0.2, -0.15) is 5.26 Å². The maximum atomic E-state index is 9.21. The molecule has 3 rings (SSSR count). The standard InChI is InChI=1S/C18H17N3O/c1-3-22-16-9-5-4-8-14(16)18-15(11-12-19)21-13(2)7-6-10-17(21)20-18/h4-10H,3,11H2,1-2H3. The zero-order valence-electron chi connectivity index (χ0n) is 12.7. The molecule has 1 aromatic carbocycles. The molecule has 0 saturated heterocycles. The van der Waals surface area contributed by atoms with E-state index in [2.05, 4.69) is 6.07 Å². The van der Waals surface area contributed by atoms with Gasteiger partial charge >= 0.3 is 0 Å². The van der Waals surface area contributed by atoms with E-state index in [0.717, 1.165) is 34.0 Å². The lowest BCUT2D eigenvalue weighted by Crippen LogP contribution is -1.98. The number of imidazole rings is 1. The molecule has 0 N–H and O–H groups in total. The molecule has 4 heteroatoms. The number of benzene rings is 1. The van der Waals surface area contributed by atoms with Crippen LogP contribution in [0.4, 0.5) is 0 Å². The van der Waals surface area contributed by atoms with E-state index in [0.29, 0.717) is 13.0 Å². The highest BCUT2D eigenvalue weighted by molar-refractivity contribution is 5.72. The zero-order valence-corrected chi connectivity index (χ0v) is 12.7. The molecule has 110 valence electrons. The summed E-state index contributed by atoms with van der Waals surface area (Å²) in [5.74, 6) is 0.797. The summed E-state index contributed by atoms with van der Waals surface area (Å²) in [4.78, 5) is 4.74. The highest BCUT2D eigenvalue weighted by Crippen LogP contribution is 2.33. The Balaban J connectivity index is 2.30. The minimum Gasteiger partial charge on any atom is -0.493 e. The summed E-state index contributed by atoms with van der Waals surface area (Å²) in [5.41, 5.74) is 4.57. The van der Waals surface area contributed by atoms with E-state index < -0.39 is 0 Å². The summed E-state index contributed by atoms with van der Waals surface area (Å²) in [7, 11) is 0. The fourth-order valence-corrected chi connectivity index (χ4v) is 2.72. The van der Waals surface area contributed by atoms with Crippen molar-refractivity contribution >= 4 is 5.65 Å². The predicted molar refractivity (Wildman–Crippen MR) is 85.9 cm³/mol. The Bertz CT molecular complexity index is 858. The SMILES string of the molecule is CCOc1ccccc1-c1nc2cccc(C)n2c1CC#N. The van der Waals surface area contributed by atoms with Crippen LogP contribution in [0.5, 0.6) is 5.75 Å². The number of fused-ring (bicyclic) bond motifs is 1. The van der Waals surface area contributed by atoms with Crippen molar-refractivity contribution < 1.29 is 4.74 Å². The smallest absolute Gasteiger partial charge is 0.137 e. The van der Waals surface area contributed by atoms with Gasteiger partial charge in [-0.1, -0.05) is 18.2 Å². The molecule has 0 saturated carbocycles. The van der Waals surface area contributed by atoms with E-state index in [1.807, 2.05) is 60.7 Å². The van der Waals surface area contributed by atoms with Crippen LogP contribution in [0.1, 0.15) is 18.3 Å². The second-order valence-electron chi connectivity index (χ2n) is 5.03. The third-order valence-electron chi connectivity index (χ3n) is 3.62. The Morgan fingerprint density at radius 2 is 2.00 bits per heavy atom. The van der Waals surface area contributed by atoms with Gasteiger partial charge in [0, 0.05) is 11.3 Å². The van der Waals surface area contributed by atoms with E-state index in [1.54, 1.807) is 0 Å². The largest absolute Gasteiger partial charge is 0.493 e. The molecular formula is C18H17N3O. The van der Waals surface area contributed by atoms with Crippen molar-refractivity contribution in [2.75, 3.05) is 6.61 Å². The molecule has 0 fully saturated rings. The van der Waals surface area contributed by atoms with Crippen LogP contribution < -0.4 is 4.74 Å². The lowest BCUT2D eigenvalue weighted by atomic mass is 10.1. The summed E-state index contributed by atoms with van der Waals surface area (Å²) in [6, 6.07) is 16.0. The van der Waals surface area contributed by atoms with E-state index in [-0.39, 0.29) is 0 Å². The Morgan fingerprint density at radius 3 is 2.77 bits per heavy atom. The molecule has 22 heavy (non-hydrogen) atoms. The first-order valence-electron chi connectivity index (χ1n) is 7.32. The number of aromatic nitrogens is 2. The topological polar surface area (TPSA) is 50.3 Å². The van der Waals surface area contributed by atoms with Gasteiger partial charge in [-0.05, 0) is 38.1 Å². The number of nitriles is 1. The van der Waals surface area contributed by atoms with Crippen LogP contribution in [0, 0.1) is 18.3 Å². The highest BCUT2D eigenvalue weighted by atomic mass is 16.5. The van der Waals surface area contributed by atoms with Crippen molar-refractivity contribution in [2.45, 2.75) is 20.3 Å². The summed E-state index contributed by atoms with van der Waals surface area (Å²) in [5, 5.41) is 9.21. The molecule has 0 spiro atoms. The van der Waals surface area contributed by atoms with Gasteiger partial charge in [0.05, 0.1) is 30.5 Å². The first-order valence-corrected chi connectivity index (χ1v) is 7.32. The minimum atomic E-state index is 0.307. The van der Waals surface area contributed by atoms with Gasteiger partial charge in [0.25, 0.3) is 0 Å². The number of para-hydroxylation sites is 1. The van der Waals surface area contributed by atoms with Gasteiger partial charge < -0.3 is 4.74 Å². The monoisotopic (exact) mass is 291 g/mol. The number of aryl methyl sites for hydroxylation is 1. The van der Waals surface area contributed by atoms with Gasteiger partial charge in [-0.15, -0.1) is 0 Å². The second-order valence-corrected chi connectivity index (χ2v) is 5.03. The van der Waals surface area contributed by atoms with Gasteiger partial charge in [0.2, 0.25) is 0 Å². The van der Waals surface area contributed by atoms with Crippen LogP contribution >= 0.6 is 0 Å². The number of hydrogen-bond acceptors (Lipinski definition) is 3. The summed E-state index contributed by atoms with van der Waals surface area (Å²) >= 11 is 0. The Morgan fingerprint density at radius 1 is 1.18 bits per heavy atom. The molecule has 0 unspecified atom stereocenters. The fraction of sp³-hybridized carbons (Fsp3) is 0.222. The quantitative estimate of drug-likeness (QED) is 0.735. The third kappa shape index (κ3) is 2.31. The van der Waals surface area contributed by atoms with Gasteiger partial charge in [-0.3, -0.25) is 4.40 Å². The number of nitrogens with zero attached hydrogens (tertiary/aromatic N) is 3. The minimum absolute atomic E-state index is 0.307. The molecule has 3 aromatic rings. The molecule has 2 heterocycles. The number of hydrogen-bond donors (Lipinski definition) is 0. The average molecular weight is 291 g/mol. The summed E-state index contributed by atoms with van der Waals surface area (Å²) in [6.45, 7) is 4.57. The Hall–Kier alpha value is -2.80. The molecule has 2 aromatic heterocycles. The van der Waals surface area contributed by atoms with Gasteiger partial charge in [0.1, 0.15) is 11.4 Å². The van der Waals surface area contributed by atoms with Crippen LogP contribution in [0.3, 0.4) is 0 Å². The van der Waals surface area contributed by atoms with Crippen molar-refractivity contribution in [3.63, 3.8) is 0 Å². The fourth-order valence-electron chi connectivity index (χ4n) is 2.72. The summed E-state index contributed by atoms with van der Waals surface area (Å²) < 4.78 is 7.76. The normalized spacial score (nSPS) is 10.6. The maximum Gasteiger partial charge on any atom is 0.137 e. The molecular weight excluding hydrogens is 274 g/mol. The van der Waals surface area contributed by atoms with E-state index >= 15 is 0 Å². The molecule has 0 aliphatic rings. The van der Waals surface area contributed by atoms with Gasteiger partial charge in [0.15, 0.2) is 0 Å². The molecule has 0 radical (unpaired) electrons. The molecule has 0 aliphatic heterocycles. The molecule has 0 atom stereocenters.